The van der Waals surface area contributed by atoms with Crippen LogP contribution in [0.2, 0.25) is 0 Å². The lowest BCUT2D eigenvalue weighted by Gasteiger charge is -2.13. The van der Waals surface area contributed by atoms with Crippen molar-refractivity contribution in [2.24, 2.45) is 5.73 Å². The van der Waals surface area contributed by atoms with Crippen LogP contribution in [0.3, 0.4) is 0 Å². The van der Waals surface area contributed by atoms with E-state index in [2.05, 4.69) is 0 Å². The molecule has 1 fully saturated rings. The largest absolute Gasteiger partial charge is 0.497 e. The van der Waals surface area contributed by atoms with Gasteiger partial charge in [0.2, 0.25) is 0 Å². The standard InChI is InChI=1S/C12H16N2O3/c1-16-10-4-2-3-9(5-10)7-14-8-11(6-13)17-12(14)15/h2-5,11H,6-8,13H2,1H3/t11-/m0/s1. The molecule has 2 N–H and O–H groups in total. The Hall–Kier alpha value is -1.75. The van der Waals surface area contributed by atoms with Crippen molar-refractivity contribution in [3.05, 3.63) is 29.8 Å². The molecule has 0 unspecified atom stereocenters. The third kappa shape index (κ3) is 2.68. The number of carbonyl (C=O) groups is 1. The molecule has 0 saturated carbocycles. The molecule has 92 valence electrons. The van der Waals surface area contributed by atoms with Gasteiger partial charge in [-0.15, -0.1) is 0 Å². The number of nitrogens with zero attached hydrogens (tertiary/aromatic N) is 1. The van der Waals surface area contributed by atoms with E-state index < -0.39 is 0 Å². The Labute approximate surface area is 100 Å². The van der Waals surface area contributed by atoms with Crippen molar-refractivity contribution in [1.82, 2.24) is 4.90 Å². The minimum absolute atomic E-state index is 0.187. The monoisotopic (exact) mass is 236 g/mol. The first-order chi connectivity index (χ1) is 8.22. The molecule has 1 aliphatic heterocycles. The van der Waals surface area contributed by atoms with Gasteiger partial charge in [0.15, 0.2) is 0 Å². The van der Waals surface area contributed by atoms with E-state index in [1.807, 2.05) is 24.3 Å². The maximum atomic E-state index is 11.5. The Morgan fingerprint density at radius 3 is 3.06 bits per heavy atom. The van der Waals surface area contributed by atoms with Crippen molar-refractivity contribution in [3.8, 4) is 5.75 Å². The maximum Gasteiger partial charge on any atom is 0.410 e. The second-order valence-corrected chi connectivity index (χ2v) is 3.97. The fourth-order valence-corrected chi connectivity index (χ4v) is 1.82. The maximum absolute atomic E-state index is 11.5. The number of ether oxygens (including phenoxy) is 2. The molecule has 1 amide bonds. The molecule has 0 radical (unpaired) electrons. The minimum Gasteiger partial charge on any atom is -0.497 e. The zero-order valence-electron chi connectivity index (χ0n) is 9.76. The SMILES string of the molecule is COc1cccc(CN2C[C@H](CN)OC2=O)c1. The van der Waals surface area contributed by atoms with Gasteiger partial charge >= 0.3 is 6.09 Å². The number of methoxy groups -OCH3 is 1. The van der Waals surface area contributed by atoms with Gasteiger partial charge in [-0.05, 0) is 17.7 Å². The highest BCUT2D eigenvalue weighted by Crippen LogP contribution is 2.18. The Bertz CT molecular complexity index is 408. The predicted molar refractivity (Wildman–Crippen MR) is 62.7 cm³/mol. The summed E-state index contributed by atoms with van der Waals surface area (Å²) in [5.41, 5.74) is 6.49. The van der Waals surface area contributed by atoms with E-state index in [0.717, 1.165) is 11.3 Å². The van der Waals surface area contributed by atoms with Crippen LogP contribution in [0.4, 0.5) is 4.79 Å². The third-order valence-corrected chi connectivity index (χ3v) is 2.72. The van der Waals surface area contributed by atoms with E-state index in [-0.39, 0.29) is 12.2 Å². The number of amides is 1. The molecule has 5 nitrogen and oxygen atoms in total. The lowest BCUT2D eigenvalue weighted by Crippen LogP contribution is -2.27. The average Bonchev–Trinajstić information content (AvgIpc) is 2.70. The summed E-state index contributed by atoms with van der Waals surface area (Å²) in [6.07, 6.45) is -0.489. The number of hydrogen-bond donors (Lipinski definition) is 1. The number of cyclic esters (lactones) is 1. The highest BCUT2D eigenvalue weighted by molar-refractivity contribution is 5.70. The number of rotatable bonds is 4. The molecule has 1 saturated heterocycles. The number of hydrogen-bond acceptors (Lipinski definition) is 4. The van der Waals surface area contributed by atoms with Crippen molar-refractivity contribution >= 4 is 6.09 Å². The number of nitrogens with two attached hydrogens (primary N) is 1. The Morgan fingerprint density at radius 1 is 1.59 bits per heavy atom. The summed E-state index contributed by atoms with van der Waals surface area (Å²) in [6.45, 7) is 1.43. The van der Waals surface area contributed by atoms with Crippen LogP contribution in [-0.4, -0.2) is 37.3 Å². The van der Waals surface area contributed by atoms with Gasteiger partial charge in [-0.3, -0.25) is 0 Å². The highest BCUT2D eigenvalue weighted by atomic mass is 16.6. The molecule has 1 atom stereocenters. The first kappa shape index (κ1) is 11.7. The summed E-state index contributed by atoms with van der Waals surface area (Å²) in [6, 6.07) is 7.62. The smallest absolute Gasteiger partial charge is 0.410 e. The van der Waals surface area contributed by atoms with Crippen molar-refractivity contribution in [3.63, 3.8) is 0 Å². The van der Waals surface area contributed by atoms with E-state index in [0.29, 0.717) is 19.6 Å². The summed E-state index contributed by atoms with van der Waals surface area (Å²) in [5.74, 6) is 0.783. The molecule has 1 aliphatic rings. The molecular formula is C12H16N2O3. The average molecular weight is 236 g/mol. The fourth-order valence-electron chi connectivity index (χ4n) is 1.82. The van der Waals surface area contributed by atoms with Crippen molar-refractivity contribution in [1.29, 1.82) is 0 Å². The molecule has 17 heavy (non-hydrogen) atoms. The van der Waals surface area contributed by atoms with Crippen molar-refractivity contribution in [2.45, 2.75) is 12.6 Å². The van der Waals surface area contributed by atoms with E-state index in [1.165, 1.54) is 0 Å². The molecule has 1 heterocycles. The van der Waals surface area contributed by atoms with Gasteiger partial charge in [-0.2, -0.15) is 0 Å². The molecule has 1 aromatic carbocycles. The summed E-state index contributed by atoms with van der Waals surface area (Å²) in [5, 5.41) is 0. The van der Waals surface area contributed by atoms with Gasteiger partial charge in [0, 0.05) is 13.1 Å². The fraction of sp³-hybridized carbons (Fsp3) is 0.417. The summed E-state index contributed by atoms with van der Waals surface area (Å²) in [7, 11) is 1.62. The van der Waals surface area contributed by atoms with E-state index >= 15 is 0 Å². The second kappa shape index (κ2) is 5.05. The molecule has 0 spiro atoms. The van der Waals surface area contributed by atoms with Crippen LogP contribution in [0.15, 0.2) is 24.3 Å². The molecule has 2 rings (SSSR count). The second-order valence-electron chi connectivity index (χ2n) is 3.97. The van der Waals surface area contributed by atoms with Gasteiger partial charge in [-0.25, -0.2) is 4.79 Å². The van der Waals surface area contributed by atoms with Crippen LogP contribution in [-0.2, 0) is 11.3 Å². The highest BCUT2D eigenvalue weighted by Gasteiger charge is 2.29. The minimum atomic E-state index is -0.303. The van der Waals surface area contributed by atoms with Gasteiger partial charge in [0.05, 0.1) is 13.7 Å². The van der Waals surface area contributed by atoms with Crippen molar-refractivity contribution in [2.75, 3.05) is 20.2 Å². The quantitative estimate of drug-likeness (QED) is 0.846. The lowest BCUT2D eigenvalue weighted by molar-refractivity contribution is 0.134. The topological polar surface area (TPSA) is 64.8 Å². The van der Waals surface area contributed by atoms with Gasteiger partial charge in [0.1, 0.15) is 11.9 Å². The zero-order valence-corrected chi connectivity index (χ0v) is 9.76. The molecule has 0 bridgehead atoms. The van der Waals surface area contributed by atoms with Gasteiger partial charge in [0.25, 0.3) is 0 Å². The summed E-state index contributed by atoms with van der Waals surface area (Å²) in [4.78, 5) is 13.2. The van der Waals surface area contributed by atoms with Crippen LogP contribution in [0.1, 0.15) is 5.56 Å². The predicted octanol–water partition coefficient (Wildman–Crippen LogP) is 0.975. The molecule has 0 aliphatic carbocycles. The first-order valence-electron chi connectivity index (χ1n) is 5.51. The lowest BCUT2D eigenvalue weighted by atomic mass is 10.2. The third-order valence-electron chi connectivity index (χ3n) is 2.72. The first-order valence-corrected chi connectivity index (χ1v) is 5.51. The van der Waals surface area contributed by atoms with Gasteiger partial charge in [-0.1, -0.05) is 12.1 Å². The summed E-state index contributed by atoms with van der Waals surface area (Å²) < 4.78 is 10.2. The van der Waals surface area contributed by atoms with E-state index in [1.54, 1.807) is 12.0 Å². The van der Waals surface area contributed by atoms with Crippen LogP contribution in [0, 0.1) is 0 Å². The van der Waals surface area contributed by atoms with Crippen LogP contribution in [0.5, 0.6) is 5.75 Å². The Kier molecular flexibility index (Phi) is 3.49. The van der Waals surface area contributed by atoms with Gasteiger partial charge < -0.3 is 20.1 Å². The van der Waals surface area contributed by atoms with Crippen LogP contribution < -0.4 is 10.5 Å². The summed E-state index contributed by atoms with van der Waals surface area (Å²) >= 11 is 0. The van der Waals surface area contributed by atoms with Crippen molar-refractivity contribution < 1.29 is 14.3 Å². The number of carbonyl (C=O) groups excluding carboxylic acids is 1. The Morgan fingerprint density at radius 2 is 2.41 bits per heavy atom. The zero-order chi connectivity index (χ0) is 12.3. The Balaban J connectivity index is 2.03. The molecule has 5 heteroatoms. The van der Waals surface area contributed by atoms with Crippen LogP contribution >= 0.6 is 0 Å². The van der Waals surface area contributed by atoms with E-state index in [4.69, 9.17) is 15.2 Å². The normalized spacial score (nSPS) is 19.3. The number of benzene rings is 1. The van der Waals surface area contributed by atoms with E-state index in [9.17, 15) is 4.79 Å². The molecular weight excluding hydrogens is 220 g/mol. The molecule has 1 aromatic rings. The molecule has 0 aromatic heterocycles. The van der Waals surface area contributed by atoms with Crippen LogP contribution in [0.25, 0.3) is 0 Å².